The van der Waals surface area contributed by atoms with Gasteiger partial charge in [0.05, 0.1) is 18.0 Å². The normalized spacial score (nSPS) is 16.4. The van der Waals surface area contributed by atoms with Crippen LogP contribution in [0.4, 0.5) is 0 Å². The third-order valence-corrected chi connectivity index (χ3v) is 8.86. The van der Waals surface area contributed by atoms with Gasteiger partial charge in [-0.1, -0.05) is 74.9 Å². The molecule has 2 aliphatic rings. The van der Waals surface area contributed by atoms with Crippen LogP contribution in [-0.2, 0) is 15.9 Å². The third kappa shape index (κ3) is 8.30. The number of carbonyl (C=O) groups is 1. The van der Waals surface area contributed by atoms with Crippen LogP contribution in [0, 0.1) is 16.0 Å². The van der Waals surface area contributed by atoms with Gasteiger partial charge in [0.1, 0.15) is 0 Å². The summed E-state index contributed by atoms with van der Waals surface area (Å²) in [6, 6.07) is 13.8. The molecule has 0 aliphatic heterocycles. The first-order chi connectivity index (χ1) is 20.6. The van der Waals surface area contributed by atoms with Crippen molar-refractivity contribution >= 4 is 17.9 Å². The number of hydrogen-bond acceptors (Lipinski definition) is 6. The molecule has 2 aromatic rings. The predicted octanol–water partition coefficient (Wildman–Crippen LogP) is 7.84. The average Bonchev–Trinajstić information content (AvgIpc) is 3.86. The number of hydrogen-bond donors (Lipinski definition) is 1. The van der Waals surface area contributed by atoms with Gasteiger partial charge in [0, 0.05) is 40.9 Å². The molecule has 2 aromatic carbocycles. The molecule has 1 atom stereocenters. The highest BCUT2D eigenvalue weighted by Gasteiger charge is 2.44. The lowest BCUT2D eigenvalue weighted by molar-refractivity contribution is -0.426. The predicted molar refractivity (Wildman–Crippen MR) is 173 cm³/mol. The molecule has 1 N–H and O–H groups in total. The Morgan fingerprint density at radius 3 is 2.28 bits per heavy atom. The van der Waals surface area contributed by atoms with E-state index in [0.29, 0.717) is 29.7 Å². The van der Waals surface area contributed by atoms with Crippen LogP contribution in [0.25, 0.3) is 0 Å². The zero-order chi connectivity index (χ0) is 31.6. The van der Waals surface area contributed by atoms with Gasteiger partial charge in [-0.2, -0.15) is 0 Å². The van der Waals surface area contributed by atoms with Crippen molar-refractivity contribution in [3.63, 3.8) is 0 Å². The maximum atomic E-state index is 12.6. The smallest absolute Gasteiger partial charge is 0.249 e. The summed E-state index contributed by atoms with van der Waals surface area (Å²) in [4.78, 5) is 25.7. The second-order valence-corrected chi connectivity index (χ2v) is 12.0. The Balaban J connectivity index is 0.00000162. The second-order valence-electron chi connectivity index (χ2n) is 11.5. The number of aliphatic hydroxyl groups excluding tert-OH is 1. The molecule has 0 saturated heterocycles. The number of likely N-dealkylation sites (N-methyl/N-ethyl adjacent to an activating group) is 1. The Morgan fingerprint density at radius 1 is 1.09 bits per heavy atom. The molecule has 0 bridgehead atoms. The Kier molecular flexibility index (Phi) is 12.5. The summed E-state index contributed by atoms with van der Waals surface area (Å²) in [5.41, 5.74) is 3.28. The van der Waals surface area contributed by atoms with Gasteiger partial charge in [0.2, 0.25) is 5.70 Å². The van der Waals surface area contributed by atoms with Crippen LogP contribution in [0.2, 0.25) is 5.02 Å². The van der Waals surface area contributed by atoms with Crippen molar-refractivity contribution in [3.8, 4) is 0 Å². The van der Waals surface area contributed by atoms with Crippen molar-refractivity contribution in [1.82, 2.24) is 4.90 Å². The largest absolute Gasteiger partial charge is 0.397 e. The average molecular weight is 609 g/mol. The fraction of sp³-hybridized carbons (Fsp3) is 0.457. The van der Waals surface area contributed by atoms with E-state index >= 15 is 0 Å². The van der Waals surface area contributed by atoms with Crippen molar-refractivity contribution in [1.29, 1.82) is 0 Å². The van der Waals surface area contributed by atoms with Gasteiger partial charge in [-0.3, -0.25) is 19.8 Å². The van der Waals surface area contributed by atoms with Crippen molar-refractivity contribution in [2.75, 3.05) is 26.8 Å². The highest BCUT2D eigenvalue weighted by Crippen LogP contribution is 2.44. The van der Waals surface area contributed by atoms with E-state index in [9.17, 15) is 14.9 Å². The summed E-state index contributed by atoms with van der Waals surface area (Å²) in [6.07, 6.45) is 12.4. The quantitative estimate of drug-likeness (QED) is 0.108. The fourth-order valence-corrected chi connectivity index (χ4v) is 5.45. The highest BCUT2D eigenvalue weighted by molar-refractivity contribution is 6.30. The number of allylic oxidation sites excluding steroid dienone is 3. The Morgan fingerprint density at radius 2 is 1.72 bits per heavy atom. The van der Waals surface area contributed by atoms with Crippen molar-refractivity contribution in [3.05, 3.63) is 115 Å². The maximum Gasteiger partial charge on any atom is 0.249 e. The van der Waals surface area contributed by atoms with Crippen LogP contribution in [-0.4, -0.2) is 48.0 Å². The molecule has 0 radical (unpaired) electrons. The van der Waals surface area contributed by atoms with Crippen LogP contribution < -0.4 is 0 Å². The van der Waals surface area contributed by atoms with Gasteiger partial charge in [-0.25, -0.2) is 0 Å². The van der Waals surface area contributed by atoms with Gasteiger partial charge >= 0.3 is 0 Å². The van der Waals surface area contributed by atoms with Gasteiger partial charge < -0.3 is 9.84 Å². The molecule has 1 fully saturated rings. The van der Waals surface area contributed by atoms with Gasteiger partial charge in [-0.15, -0.1) is 0 Å². The SMILES string of the molecule is CCC(C)(CC)c1ccc(C=O)c(C(OCC2CC2)(c2ccc(Cl)cc2)N(C)CC2=CC=C([N+](=O)[O-])CC=C2)c1.CCO. The Bertz CT molecular complexity index is 1340. The number of nitrogens with zero attached hydrogens (tertiary/aromatic N) is 2. The van der Waals surface area contributed by atoms with E-state index < -0.39 is 5.72 Å². The number of nitro groups is 1. The van der Waals surface area contributed by atoms with Gasteiger partial charge in [-0.05, 0) is 80.3 Å². The molecule has 0 spiro atoms. The topological polar surface area (TPSA) is 92.9 Å². The van der Waals surface area contributed by atoms with E-state index in [1.54, 1.807) is 19.1 Å². The first kappa shape index (κ1) is 34.4. The molecular formula is C35H45ClN2O5. The Labute approximate surface area is 261 Å². The van der Waals surface area contributed by atoms with Crippen LogP contribution in [0.5, 0.6) is 0 Å². The molecule has 232 valence electrons. The lowest BCUT2D eigenvalue weighted by Gasteiger charge is -2.44. The molecule has 7 nitrogen and oxygen atoms in total. The number of halogens is 1. The maximum absolute atomic E-state index is 12.6. The lowest BCUT2D eigenvalue weighted by Crippen LogP contribution is -2.49. The molecule has 43 heavy (non-hydrogen) atoms. The zero-order valence-corrected chi connectivity index (χ0v) is 26.8. The van der Waals surface area contributed by atoms with Crippen molar-refractivity contribution < 1.29 is 19.6 Å². The molecule has 0 amide bonds. The summed E-state index contributed by atoms with van der Waals surface area (Å²) < 4.78 is 6.99. The summed E-state index contributed by atoms with van der Waals surface area (Å²) in [7, 11) is 1.99. The Hall–Kier alpha value is -3.10. The molecule has 0 heterocycles. The van der Waals surface area contributed by atoms with Crippen LogP contribution in [0.3, 0.4) is 0 Å². The van der Waals surface area contributed by atoms with E-state index in [2.05, 4.69) is 37.8 Å². The number of benzene rings is 2. The number of rotatable bonds is 13. The first-order valence-electron chi connectivity index (χ1n) is 15.1. The molecule has 0 aromatic heterocycles. The standard InChI is InChI=1S/C33H39ClN2O4.C2H6O/c1-5-32(3,6-2)28-14-13-26(22-37)31(20-28)33(40-23-25-10-11-25,27-15-17-29(34)18-16-27)35(4)21-24-8-7-9-30(19-12-24)36(38)39;1-2-3/h7-8,12-20,22,25H,5-6,9-11,21,23H2,1-4H3;3H,2H2,1H3. The molecule has 8 heteroatoms. The van der Waals surface area contributed by atoms with E-state index in [0.717, 1.165) is 54.2 Å². The van der Waals surface area contributed by atoms with Crippen molar-refractivity contribution in [2.45, 2.75) is 70.9 Å². The third-order valence-electron chi connectivity index (χ3n) is 8.60. The molecule has 2 aliphatic carbocycles. The second kappa shape index (κ2) is 15.6. The number of ether oxygens (including phenoxy) is 1. The first-order valence-corrected chi connectivity index (χ1v) is 15.5. The summed E-state index contributed by atoms with van der Waals surface area (Å²) >= 11 is 6.33. The summed E-state index contributed by atoms with van der Waals surface area (Å²) in [5.74, 6) is 0.474. The minimum Gasteiger partial charge on any atom is -0.397 e. The summed E-state index contributed by atoms with van der Waals surface area (Å²) in [5, 5.41) is 19.6. The lowest BCUT2D eigenvalue weighted by atomic mass is 9.75. The molecular weight excluding hydrogens is 564 g/mol. The molecule has 4 rings (SSSR count). The summed E-state index contributed by atoms with van der Waals surface area (Å²) in [6.45, 7) is 9.56. The number of carbonyl (C=O) groups excluding carboxylic acids is 1. The van der Waals surface area contributed by atoms with Gasteiger partial charge in [0.25, 0.3) is 0 Å². The fourth-order valence-electron chi connectivity index (χ4n) is 5.32. The number of aldehydes is 1. The van der Waals surface area contributed by atoms with Gasteiger partial charge in [0.15, 0.2) is 12.0 Å². The molecule has 1 saturated carbocycles. The van der Waals surface area contributed by atoms with Crippen molar-refractivity contribution in [2.24, 2.45) is 5.92 Å². The highest BCUT2D eigenvalue weighted by atomic mass is 35.5. The van der Waals surface area contributed by atoms with Crippen LogP contribution >= 0.6 is 11.6 Å². The van der Waals surface area contributed by atoms with Crippen LogP contribution in [0.15, 0.2) is 78.0 Å². The van der Waals surface area contributed by atoms with Crippen LogP contribution in [0.1, 0.15) is 86.8 Å². The minimum absolute atomic E-state index is 0.0623. The number of aliphatic hydroxyl groups is 1. The molecule has 1 unspecified atom stereocenters. The zero-order valence-electron chi connectivity index (χ0n) is 26.0. The monoisotopic (exact) mass is 608 g/mol. The minimum atomic E-state index is -1.10. The van der Waals surface area contributed by atoms with E-state index in [-0.39, 0.29) is 29.1 Å². The van der Waals surface area contributed by atoms with E-state index in [4.69, 9.17) is 21.4 Å². The van der Waals surface area contributed by atoms with E-state index in [1.165, 1.54) is 0 Å². The van der Waals surface area contributed by atoms with E-state index in [1.807, 2.05) is 49.5 Å².